The Labute approximate surface area is 189 Å². The van der Waals surface area contributed by atoms with Gasteiger partial charge in [0.1, 0.15) is 5.69 Å². The third-order valence-electron chi connectivity index (χ3n) is 7.41. The lowest BCUT2D eigenvalue weighted by Gasteiger charge is -2.39. The fourth-order valence-corrected chi connectivity index (χ4v) is 5.25. The molecule has 2 aromatic rings. The largest absolute Gasteiger partial charge is 0.379 e. The van der Waals surface area contributed by atoms with E-state index in [1.165, 1.54) is 12.8 Å². The Morgan fingerprint density at radius 2 is 1.81 bits per heavy atom. The van der Waals surface area contributed by atoms with Crippen LogP contribution in [0.2, 0.25) is 0 Å². The van der Waals surface area contributed by atoms with Crippen LogP contribution in [0.25, 0.3) is 0 Å². The summed E-state index contributed by atoms with van der Waals surface area (Å²) in [7, 11) is 1.80. The monoisotopic (exact) mass is 436 g/mol. The number of aromatic nitrogens is 2. The highest BCUT2D eigenvalue weighted by Crippen LogP contribution is 2.44. The quantitative estimate of drug-likeness (QED) is 0.698. The van der Waals surface area contributed by atoms with Crippen molar-refractivity contribution in [2.75, 3.05) is 32.8 Å². The smallest absolute Gasteiger partial charge is 0.272 e. The van der Waals surface area contributed by atoms with E-state index in [2.05, 4.69) is 5.10 Å². The molecule has 32 heavy (non-hydrogen) atoms. The number of ether oxygens (including phenoxy) is 1. The van der Waals surface area contributed by atoms with Crippen LogP contribution in [0.4, 0.5) is 0 Å². The van der Waals surface area contributed by atoms with Crippen LogP contribution >= 0.6 is 0 Å². The van der Waals surface area contributed by atoms with Gasteiger partial charge in [0.15, 0.2) is 0 Å². The molecule has 2 aliphatic heterocycles. The van der Waals surface area contributed by atoms with Crippen molar-refractivity contribution < 1.29 is 14.3 Å². The van der Waals surface area contributed by atoms with Crippen LogP contribution < -0.4 is 0 Å². The minimum Gasteiger partial charge on any atom is -0.379 e. The molecular formula is C25H32N4O3. The highest BCUT2D eigenvalue weighted by Gasteiger charge is 2.48. The summed E-state index contributed by atoms with van der Waals surface area (Å²) in [5.74, 6) is 0.847. The molecule has 1 aromatic heterocycles. The van der Waals surface area contributed by atoms with Gasteiger partial charge in [0.2, 0.25) is 0 Å². The van der Waals surface area contributed by atoms with Gasteiger partial charge in [-0.3, -0.25) is 14.3 Å². The Balaban J connectivity index is 1.27. The zero-order chi connectivity index (χ0) is 22.1. The molecule has 1 aromatic carbocycles. The number of piperidine rings is 1. The van der Waals surface area contributed by atoms with Gasteiger partial charge < -0.3 is 14.5 Å². The third-order valence-corrected chi connectivity index (χ3v) is 7.41. The summed E-state index contributed by atoms with van der Waals surface area (Å²) < 4.78 is 7.68. The molecule has 1 saturated carbocycles. The number of hydrogen-bond acceptors (Lipinski definition) is 4. The number of amides is 2. The number of likely N-dealkylation sites (tertiary alicyclic amines) is 2. The molecule has 7 nitrogen and oxygen atoms in total. The second-order valence-corrected chi connectivity index (χ2v) is 9.77. The number of nitrogens with zero attached hydrogens (tertiary/aromatic N) is 4. The number of carbonyl (C=O) groups excluding carboxylic acids is 2. The Bertz CT molecular complexity index is 961. The minimum absolute atomic E-state index is 0.0411. The van der Waals surface area contributed by atoms with Gasteiger partial charge in [-0.15, -0.1) is 0 Å². The number of benzene rings is 1. The standard InChI is InChI=1S/C25H32N4O3/c1-27-22(9-12-26-27)24(31)28-13-10-25(11-14-28)15-21(17-32-16-19-7-8-19)29(18-25)23(30)20-5-3-2-4-6-20/h2-6,9,12,19,21H,7-8,10-11,13-18H2,1H3/t21-/m1/s1. The molecule has 5 rings (SSSR count). The molecule has 2 amide bonds. The molecule has 1 spiro atoms. The van der Waals surface area contributed by atoms with E-state index in [1.54, 1.807) is 24.0 Å². The Morgan fingerprint density at radius 3 is 2.47 bits per heavy atom. The number of hydrogen-bond donors (Lipinski definition) is 0. The zero-order valence-corrected chi connectivity index (χ0v) is 18.8. The van der Waals surface area contributed by atoms with Crippen molar-refractivity contribution >= 4 is 11.8 Å². The molecule has 3 fully saturated rings. The Kier molecular flexibility index (Phi) is 5.76. The Morgan fingerprint density at radius 1 is 1.06 bits per heavy atom. The van der Waals surface area contributed by atoms with Crippen molar-refractivity contribution in [2.24, 2.45) is 18.4 Å². The zero-order valence-electron chi connectivity index (χ0n) is 18.8. The maximum atomic E-state index is 13.4. The van der Waals surface area contributed by atoms with Gasteiger partial charge in [0.05, 0.1) is 12.6 Å². The lowest BCUT2D eigenvalue weighted by molar-refractivity contribution is 0.0505. The van der Waals surface area contributed by atoms with Crippen molar-refractivity contribution in [3.05, 3.63) is 53.9 Å². The first kappa shape index (κ1) is 21.2. The van der Waals surface area contributed by atoms with Crippen molar-refractivity contribution in [1.82, 2.24) is 19.6 Å². The fourth-order valence-electron chi connectivity index (χ4n) is 5.25. The van der Waals surface area contributed by atoms with Crippen molar-refractivity contribution in [2.45, 2.75) is 38.1 Å². The molecule has 1 aliphatic carbocycles. The second kappa shape index (κ2) is 8.70. The van der Waals surface area contributed by atoms with Crippen LogP contribution in [0.3, 0.4) is 0 Å². The summed E-state index contributed by atoms with van der Waals surface area (Å²) in [5, 5.41) is 4.13. The highest BCUT2D eigenvalue weighted by atomic mass is 16.5. The van der Waals surface area contributed by atoms with E-state index in [4.69, 9.17) is 4.74 Å². The molecule has 2 saturated heterocycles. The molecule has 0 radical (unpaired) electrons. The van der Waals surface area contributed by atoms with Crippen LogP contribution in [0.5, 0.6) is 0 Å². The van der Waals surface area contributed by atoms with Crippen molar-refractivity contribution in [1.29, 1.82) is 0 Å². The van der Waals surface area contributed by atoms with Gasteiger partial charge in [-0.1, -0.05) is 18.2 Å². The molecular weight excluding hydrogens is 404 g/mol. The van der Waals surface area contributed by atoms with Gasteiger partial charge in [-0.2, -0.15) is 5.10 Å². The summed E-state index contributed by atoms with van der Waals surface area (Å²) in [6, 6.07) is 11.4. The average Bonchev–Trinajstić information content (AvgIpc) is 3.44. The number of rotatable bonds is 6. The maximum Gasteiger partial charge on any atom is 0.272 e. The van der Waals surface area contributed by atoms with E-state index in [9.17, 15) is 9.59 Å². The van der Waals surface area contributed by atoms with Crippen LogP contribution in [-0.4, -0.2) is 70.3 Å². The molecule has 3 heterocycles. The first-order valence-electron chi connectivity index (χ1n) is 11.8. The molecule has 0 unspecified atom stereocenters. The fraction of sp³-hybridized carbons (Fsp3) is 0.560. The highest BCUT2D eigenvalue weighted by molar-refractivity contribution is 5.94. The molecule has 7 heteroatoms. The SMILES string of the molecule is Cn1nccc1C(=O)N1CCC2(CC1)C[C@H](COCC1CC1)N(C(=O)c1ccccc1)C2. The first-order chi connectivity index (χ1) is 15.5. The van der Waals surface area contributed by atoms with Gasteiger partial charge in [0.25, 0.3) is 11.8 Å². The predicted molar refractivity (Wildman–Crippen MR) is 120 cm³/mol. The van der Waals surface area contributed by atoms with Gasteiger partial charge in [0, 0.05) is 45.0 Å². The molecule has 0 N–H and O–H groups in total. The van der Waals surface area contributed by atoms with E-state index in [-0.39, 0.29) is 23.3 Å². The van der Waals surface area contributed by atoms with E-state index in [0.29, 0.717) is 31.3 Å². The normalized spacial score (nSPS) is 22.5. The minimum atomic E-state index is 0.0411. The first-order valence-corrected chi connectivity index (χ1v) is 11.8. The van der Waals surface area contributed by atoms with Crippen LogP contribution in [0.1, 0.15) is 53.0 Å². The summed E-state index contributed by atoms with van der Waals surface area (Å²) in [6.07, 6.45) is 6.96. The topological polar surface area (TPSA) is 67.7 Å². The summed E-state index contributed by atoms with van der Waals surface area (Å²) >= 11 is 0. The van der Waals surface area contributed by atoms with Crippen LogP contribution in [0, 0.1) is 11.3 Å². The van der Waals surface area contributed by atoms with Crippen LogP contribution in [-0.2, 0) is 11.8 Å². The van der Waals surface area contributed by atoms with E-state index >= 15 is 0 Å². The van der Waals surface area contributed by atoms with Crippen LogP contribution in [0.15, 0.2) is 42.6 Å². The maximum absolute atomic E-state index is 13.4. The van der Waals surface area contributed by atoms with E-state index in [0.717, 1.165) is 38.0 Å². The van der Waals surface area contributed by atoms with Gasteiger partial charge in [-0.25, -0.2) is 0 Å². The molecule has 0 bridgehead atoms. The number of aryl methyl sites for hydroxylation is 1. The summed E-state index contributed by atoms with van der Waals surface area (Å²) in [6.45, 7) is 3.59. The summed E-state index contributed by atoms with van der Waals surface area (Å²) in [5.41, 5.74) is 1.42. The molecule has 1 atom stereocenters. The average molecular weight is 437 g/mol. The lowest BCUT2D eigenvalue weighted by atomic mass is 9.76. The lowest BCUT2D eigenvalue weighted by Crippen LogP contribution is -2.45. The van der Waals surface area contributed by atoms with Gasteiger partial charge >= 0.3 is 0 Å². The van der Waals surface area contributed by atoms with Crippen molar-refractivity contribution in [3.8, 4) is 0 Å². The van der Waals surface area contributed by atoms with E-state index in [1.807, 2.05) is 40.1 Å². The molecule has 170 valence electrons. The van der Waals surface area contributed by atoms with Crippen molar-refractivity contribution in [3.63, 3.8) is 0 Å². The predicted octanol–water partition coefficient (Wildman–Crippen LogP) is 2.98. The number of carbonyl (C=O) groups is 2. The van der Waals surface area contributed by atoms with Gasteiger partial charge in [-0.05, 0) is 61.6 Å². The summed E-state index contributed by atoms with van der Waals surface area (Å²) in [4.78, 5) is 30.2. The Hall–Kier alpha value is -2.67. The molecule has 3 aliphatic rings. The van der Waals surface area contributed by atoms with E-state index < -0.39 is 0 Å². The third kappa shape index (κ3) is 4.31. The second-order valence-electron chi connectivity index (χ2n) is 9.77.